The third-order valence-corrected chi connectivity index (χ3v) is 2.51. The smallest absolute Gasteiger partial charge is 0.161 e. The fourth-order valence-corrected chi connectivity index (χ4v) is 1.52. The Bertz CT molecular complexity index is 369. The van der Waals surface area contributed by atoms with Crippen molar-refractivity contribution in [3.63, 3.8) is 0 Å². The summed E-state index contributed by atoms with van der Waals surface area (Å²) in [4.78, 5) is 0. The third-order valence-electron chi connectivity index (χ3n) is 2.51. The predicted molar refractivity (Wildman–Crippen MR) is 75.4 cm³/mol. The molecule has 3 nitrogen and oxygen atoms in total. The lowest BCUT2D eigenvalue weighted by molar-refractivity contribution is 0.293. The molecule has 0 atom stereocenters. The summed E-state index contributed by atoms with van der Waals surface area (Å²) in [6, 6.07) is 6.08. The summed E-state index contributed by atoms with van der Waals surface area (Å²) in [6.07, 6.45) is 0.994. The number of hydrogen-bond acceptors (Lipinski definition) is 3. The molecule has 1 N–H and O–H groups in total. The summed E-state index contributed by atoms with van der Waals surface area (Å²) < 4.78 is 11.0. The molecule has 102 valence electrons. The quantitative estimate of drug-likeness (QED) is 0.841. The van der Waals surface area contributed by atoms with Crippen molar-refractivity contribution in [3.05, 3.63) is 23.8 Å². The fraction of sp³-hybridized carbons (Fsp3) is 0.600. The average molecular weight is 251 g/mol. The lowest BCUT2D eigenvalue weighted by Gasteiger charge is -2.21. The van der Waals surface area contributed by atoms with Crippen LogP contribution in [0.25, 0.3) is 0 Å². The highest BCUT2D eigenvalue weighted by molar-refractivity contribution is 5.43. The third kappa shape index (κ3) is 4.96. The van der Waals surface area contributed by atoms with Crippen LogP contribution in [0.1, 0.15) is 39.7 Å². The van der Waals surface area contributed by atoms with Gasteiger partial charge in [-0.3, -0.25) is 0 Å². The first-order valence-electron chi connectivity index (χ1n) is 6.51. The normalized spacial score (nSPS) is 11.4. The van der Waals surface area contributed by atoms with E-state index in [1.807, 2.05) is 12.1 Å². The Kier molecular flexibility index (Phi) is 5.48. The molecule has 0 aliphatic heterocycles. The molecule has 1 aromatic rings. The van der Waals surface area contributed by atoms with Crippen molar-refractivity contribution >= 4 is 0 Å². The van der Waals surface area contributed by atoms with Gasteiger partial charge in [-0.2, -0.15) is 0 Å². The summed E-state index contributed by atoms with van der Waals surface area (Å²) in [7, 11) is 1.67. The van der Waals surface area contributed by atoms with Gasteiger partial charge in [0.1, 0.15) is 0 Å². The molecular formula is C15H25NO2. The monoisotopic (exact) mass is 251 g/mol. The number of ether oxygens (including phenoxy) is 2. The predicted octanol–water partition coefficient (Wildman–Crippen LogP) is 3.37. The van der Waals surface area contributed by atoms with E-state index in [1.165, 1.54) is 5.56 Å². The van der Waals surface area contributed by atoms with Crippen LogP contribution in [0.5, 0.6) is 11.5 Å². The summed E-state index contributed by atoms with van der Waals surface area (Å²) in [6.45, 7) is 10.1. The second-order valence-electron chi connectivity index (χ2n) is 5.44. The van der Waals surface area contributed by atoms with Gasteiger partial charge in [-0.1, -0.05) is 13.0 Å². The van der Waals surface area contributed by atoms with Gasteiger partial charge in [0.15, 0.2) is 11.5 Å². The zero-order valence-electron chi connectivity index (χ0n) is 12.2. The summed E-state index contributed by atoms with van der Waals surface area (Å²) >= 11 is 0. The van der Waals surface area contributed by atoms with Gasteiger partial charge >= 0.3 is 0 Å². The molecule has 0 aliphatic rings. The number of nitrogens with one attached hydrogen (secondary N) is 1. The van der Waals surface area contributed by atoms with E-state index in [9.17, 15) is 0 Å². The molecule has 0 saturated heterocycles. The van der Waals surface area contributed by atoms with Gasteiger partial charge in [-0.05, 0) is 44.9 Å². The molecule has 0 spiro atoms. The first-order valence-corrected chi connectivity index (χ1v) is 6.51. The van der Waals surface area contributed by atoms with E-state index in [2.05, 4.69) is 39.1 Å². The molecule has 1 aromatic carbocycles. The molecule has 0 aliphatic carbocycles. The first kappa shape index (κ1) is 14.8. The van der Waals surface area contributed by atoms with Gasteiger partial charge in [-0.15, -0.1) is 0 Å². The van der Waals surface area contributed by atoms with Gasteiger partial charge in [-0.25, -0.2) is 0 Å². The van der Waals surface area contributed by atoms with E-state index in [-0.39, 0.29) is 5.54 Å². The maximum atomic E-state index is 5.70. The van der Waals surface area contributed by atoms with Gasteiger partial charge < -0.3 is 14.8 Å². The number of hydrogen-bond donors (Lipinski definition) is 1. The minimum atomic E-state index is 0.115. The molecule has 0 aromatic heterocycles. The SMILES string of the molecule is CCCOc1cc(CNC(C)(C)C)ccc1OC. The molecule has 18 heavy (non-hydrogen) atoms. The molecule has 0 heterocycles. The van der Waals surface area contributed by atoms with Crippen molar-refractivity contribution in [1.82, 2.24) is 5.32 Å². The molecule has 0 unspecified atom stereocenters. The lowest BCUT2D eigenvalue weighted by Crippen LogP contribution is -2.35. The zero-order valence-corrected chi connectivity index (χ0v) is 12.2. The Morgan fingerprint density at radius 3 is 2.44 bits per heavy atom. The molecule has 1 rings (SSSR count). The molecular weight excluding hydrogens is 226 g/mol. The largest absolute Gasteiger partial charge is 0.493 e. The van der Waals surface area contributed by atoms with Crippen LogP contribution in [0.2, 0.25) is 0 Å². The maximum Gasteiger partial charge on any atom is 0.161 e. The van der Waals surface area contributed by atoms with E-state index in [0.717, 1.165) is 24.5 Å². The minimum Gasteiger partial charge on any atom is -0.493 e. The van der Waals surface area contributed by atoms with Crippen molar-refractivity contribution < 1.29 is 9.47 Å². The van der Waals surface area contributed by atoms with Gasteiger partial charge in [0.05, 0.1) is 13.7 Å². The standard InChI is InChI=1S/C15H25NO2/c1-6-9-18-14-10-12(7-8-13(14)17-5)11-16-15(2,3)4/h7-8,10,16H,6,9,11H2,1-5H3. The van der Waals surface area contributed by atoms with Crippen molar-refractivity contribution in [1.29, 1.82) is 0 Å². The van der Waals surface area contributed by atoms with E-state index < -0.39 is 0 Å². The van der Waals surface area contributed by atoms with Crippen LogP contribution in [0.15, 0.2) is 18.2 Å². The van der Waals surface area contributed by atoms with Crippen LogP contribution in [0, 0.1) is 0 Å². The zero-order chi connectivity index (χ0) is 13.6. The van der Waals surface area contributed by atoms with Crippen LogP contribution in [0.4, 0.5) is 0 Å². The van der Waals surface area contributed by atoms with Crippen LogP contribution >= 0.6 is 0 Å². The van der Waals surface area contributed by atoms with Crippen molar-refractivity contribution in [3.8, 4) is 11.5 Å². The Balaban J connectivity index is 2.75. The van der Waals surface area contributed by atoms with Crippen molar-refractivity contribution in [2.75, 3.05) is 13.7 Å². The molecule has 0 radical (unpaired) electrons. The van der Waals surface area contributed by atoms with Gasteiger partial charge in [0.2, 0.25) is 0 Å². The molecule has 3 heteroatoms. The van der Waals surface area contributed by atoms with Crippen molar-refractivity contribution in [2.24, 2.45) is 0 Å². The van der Waals surface area contributed by atoms with E-state index in [4.69, 9.17) is 9.47 Å². The van der Waals surface area contributed by atoms with Crippen LogP contribution in [-0.4, -0.2) is 19.3 Å². The maximum absolute atomic E-state index is 5.70. The highest BCUT2D eigenvalue weighted by Gasteiger charge is 2.10. The first-order chi connectivity index (χ1) is 8.46. The molecule has 0 amide bonds. The fourth-order valence-electron chi connectivity index (χ4n) is 1.52. The summed E-state index contributed by atoms with van der Waals surface area (Å²) in [5, 5.41) is 3.46. The Morgan fingerprint density at radius 2 is 1.89 bits per heavy atom. The Labute approximate surface area is 110 Å². The lowest BCUT2D eigenvalue weighted by atomic mass is 10.1. The molecule has 0 bridgehead atoms. The second kappa shape index (κ2) is 6.64. The number of methoxy groups -OCH3 is 1. The van der Waals surface area contributed by atoms with Crippen molar-refractivity contribution in [2.45, 2.75) is 46.2 Å². The van der Waals surface area contributed by atoms with Crippen LogP contribution in [-0.2, 0) is 6.54 Å². The Morgan fingerprint density at radius 1 is 1.17 bits per heavy atom. The summed E-state index contributed by atoms with van der Waals surface area (Å²) in [5.41, 5.74) is 1.32. The Hall–Kier alpha value is -1.22. The van der Waals surface area contributed by atoms with E-state index in [0.29, 0.717) is 6.61 Å². The topological polar surface area (TPSA) is 30.5 Å². The molecule has 0 fully saturated rings. The minimum absolute atomic E-state index is 0.115. The van der Waals surface area contributed by atoms with Gasteiger partial charge in [0.25, 0.3) is 0 Å². The molecule has 0 saturated carbocycles. The highest BCUT2D eigenvalue weighted by atomic mass is 16.5. The van der Waals surface area contributed by atoms with Crippen LogP contribution < -0.4 is 14.8 Å². The van der Waals surface area contributed by atoms with Crippen LogP contribution in [0.3, 0.4) is 0 Å². The highest BCUT2D eigenvalue weighted by Crippen LogP contribution is 2.28. The van der Waals surface area contributed by atoms with E-state index in [1.54, 1.807) is 7.11 Å². The van der Waals surface area contributed by atoms with Gasteiger partial charge in [0, 0.05) is 12.1 Å². The summed E-state index contributed by atoms with van der Waals surface area (Å²) in [5.74, 6) is 1.62. The second-order valence-corrected chi connectivity index (χ2v) is 5.44. The number of benzene rings is 1. The van der Waals surface area contributed by atoms with E-state index >= 15 is 0 Å². The average Bonchev–Trinajstić information content (AvgIpc) is 2.33. The number of rotatable bonds is 6.